The zero-order chi connectivity index (χ0) is 22.1. The fourth-order valence-corrected chi connectivity index (χ4v) is 3.26. The minimum absolute atomic E-state index is 0.0451. The third-order valence-corrected chi connectivity index (χ3v) is 4.74. The Kier molecular flexibility index (Phi) is 4.74. The average Bonchev–Trinajstić information content (AvgIpc) is 3.24. The first-order valence-electron chi connectivity index (χ1n) is 9.51. The Morgan fingerprint density at radius 3 is 2.44 bits per heavy atom. The summed E-state index contributed by atoms with van der Waals surface area (Å²) in [5, 5.41) is 10.9. The molecule has 0 unspecified atom stereocenters. The minimum Gasteiger partial charge on any atom is -0.337 e. The van der Waals surface area contributed by atoms with Gasteiger partial charge in [0.25, 0.3) is 0 Å². The molecule has 0 fully saturated rings. The summed E-state index contributed by atoms with van der Waals surface area (Å²) < 4.78 is 39.9. The van der Waals surface area contributed by atoms with Gasteiger partial charge in [0.1, 0.15) is 5.82 Å². The molecule has 10 heteroatoms. The maximum Gasteiger partial charge on any atom is 0.418 e. The second kappa shape index (κ2) is 7.73. The largest absolute Gasteiger partial charge is 0.418 e. The molecule has 0 saturated carbocycles. The third-order valence-electron chi connectivity index (χ3n) is 4.74. The zero-order valence-corrected chi connectivity index (χ0v) is 16.3. The highest BCUT2D eigenvalue weighted by Gasteiger charge is 2.33. The van der Waals surface area contributed by atoms with E-state index >= 15 is 0 Å². The molecule has 0 bridgehead atoms. The number of alkyl halides is 3. The molecule has 0 saturated heterocycles. The van der Waals surface area contributed by atoms with Gasteiger partial charge in [-0.25, -0.2) is 15.0 Å². The fourth-order valence-electron chi connectivity index (χ4n) is 3.26. The summed E-state index contributed by atoms with van der Waals surface area (Å²) in [7, 11) is 0. The van der Waals surface area contributed by atoms with Crippen molar-refractivity contribution in [2.75, 3.05) is 5.32 Å². The van der Waals surface area contributed by atoms with Crippen LogP contribution in [0.5, 0.6) is 0 Å². The molecular formula is C22H14F3N7. The van der Waals surface area contributed by atoms with Gasteiger partial charge in [0.2, 0.25) is 5.95 Å². The Morgan fingerprint density at radius 1 is 0.875 bits per heavy atom. The van der Waals surface area contributed by atoms with E-state index < -0.39 is 11.7 Å². The maximum absolute atomic E-state index is 13.3. The van der Waals surface area contributed by atoms with Crippen LogP contribution >= 0.6 is 0 Å². The van der Waals surface area contributed by atoms with Gasteiger partial charge in [-0.2, -0.15) is 23.4 Å². The Hall–Kier alpha value is -4.34. The molecule has 0 spiro atoms. The van der Waals surface area contributed by atoms with Gasteiger partial charge >= 0.3 is 6.18 Å². The lowest BCUT2D eigenvalue weighted by Gasteiger charge is -2.07. The number of rotatable bonds is 4. The lowest BCUT2D eigenvalue weighted by Crippen LogP contribution is -2.05. The van der Waals surface area contributed by atoms with Crippen LogP contribution in [0.4, 0.5) is 24.8 Å². The van der Waals surface area contributed by atoms with Gasteiger partial charge < -0.3 is 10.3 Å². The Bertz CT molecular complexity index is 1380. The van der Waals surface area contributed by atoms with Crippen LogP contribution in [-0.2, 0) is 6.18 Å². The van der Waals surface area contributed by atoms with Crippen LogP contribution in [-0.4, -0.2) is 30.1 Å². The number of imidazole rings is 1. The van der Waals surface area contributed by atoms with Crippen LogP contribution in [0, 0.1) is 0 Å². The molecule has 3 aromatic heterocycles. The van der Waals surface area contributed by atoms with Crippen molar-refractivity contribution in [2.45, 2.75) is 6.18 Å². The smallest absolute Gasteiger partial charge is 0.337 e. The number of halogens is 3. The fraction of sp³-hybridized carbons (Fsp3) is 0.0455. The van der Waals surface area contributed by atoms with Crippen LogP contribution < -0.4 is 5.32 Å². The first-order valence-corrected chi connectivity index (χ1v) is 9.51. The molecule has 5 rings (SSSR count). The Labute approximate surface area is 179 Å². The summed E-state index contributed by atoms with van der Waals surface area (Å²) in [5.41, 5.74) is 2.11. The molecule has 0 amide bonds. The second-order valence-corrected chi connectivity index (χ2v) is 6.89. The van der Waals surface area contributed by atoms with E-state index in [1.165, 1.54) is 6.07 Å². The number of fused-ring (bicyclic) bond motifs is 1. The molecule has 0 aliphatic heterocycles. The minimum atomic E-state index is -4.47. The van der Waals surface area contributed by atoms with E-state index in [0.717, 1.165) is 11.6 Å². The van der Waals surface area contributed by atoms with Crippen LogP contribution in [0.15, 0.2) is 73.2 Å². The van der Waals surface area contributed by atoms with Crippen molar-refractivity contribution >= 4 is 22.7 Å². The predicted octanol–water partition coefficient (Wildman–Crippen LogP) is 5.24. The number of H-pyrrole nitrogens is 1. The van der Waals surface area contributed by atoms with Gasteiger partial charge in [0, 0.05) is 35.4 Å². The van der Waals surface area contributed by atoms with Gasteiger partial charge in [-0.05, 0) is 36.4 Å². The van der Waals surface area contributed by atoms with Gasteiger partial charge in [0.15, 0.2) is 0 Å². The van der Waals surface area contributed by atoms with E-state index in [-0.39, 0.29) is 11.0 Å². The molecule has 7 nitrogen and oxygen atoms in total. The van der Waals surface area contributed by atoms with Crippen LogP contribution in [0.3, 0.4) is 0 Å². The first-order chi connectivity index (χ1) is 15.5. The molecule has 0 aliphatic carbocycles. The molecule has 0 atom stereocenters. The quantitative estimate of drug-likeness (QED) is 0.403. The number of hydrogen-bond acceptors (Lipinski definition) is 6. The summed E-state index contributed by atoms with van der Waals surface area (Å²) in [6, 6.07) is 14.6. The van der Waals surface area contributed by atoms with E-state index in [1.807, 2.05) is 0 Å². The number of nitrogens with one attached hydrogen (secondary N) is 2. The third kappa shape index (κ3) is 3.85. The monoisotopic (exact) mass is 433 g/mol. The summed E-state index contributed by atoms with van der Waals surface area (Å²) in [6.45, 7) is 0. The molecule has 32 heavy (non-hydrogen) atoms. The summed E-state index contributed by atoms with van der Waals surface area (Å²) >= 11 is 0. The highest BCUT2D eigenvalue weighted by atomic mass is 19.4. The predicted molar refractivity (Wildman–Crippen MR) is 113 cm³/mol. The summed E-state index contributed by atoms with van der Waals surface area (Å²) in [4.78, 5) is 15.7. The van der Waals surface area contributed by atoms with E-state index in [9.17, 15) is 13.2 Å². The van der Waals surface area contributed by atoms with Gasteiger partial charge in [-0.1, -0.05) is 18.2 Å². The van der Waals surface area contributed by atoms with Gasteiger partial charge in [-0.15, -0.1) is 0 Å². The lowest BCUT2D eigenvalue weighted by molar-refractivity contribution is -0.136. The molecular weight excluding hydrogens is 419 g/mol. The Balaban J connectivity index is 1.42. The highest BCUT2D eigenvalue weighted by molar-refractivity contribution is 5.83. The molecule has 5 aromatic rings. The number of aromatic amines is 1. The number of hydrogen-bond donors (Lipinski definition) is 2. The number of para-hydroxylation sites is 1. The lowest BCUT2D eigenvalue weighted by atomic mass is 10.2. The van der Waals surface area contributed by atoms with E-state index in [4.69, 9.17) is 0 Å². The van der Waals surface area contributed by atoms with Gasteiger partial charge in [-0.3, -0.25) is 0 Å². The van der Waals surface area contributed by atoms with Crippen LogP contribution in [0.1, 0.15) is 5.56 Å². The van der Waals surface area contributed by atoms with E-state index in [0.29, 0.717) is 28.7 Å². The van der Waals surface area contributed by atoms with Crippen molar-refractivity contribution in [2.24, 2.45) is 0 Å². The van der Waals surface area contributed by atoms with Crippen molar-refractivity contribution in [1.82, 2.24) is 30.1 Å². The van der Waals surface area contributed by atoms with Gasteiger partial charge in [0.05, 0.1) is 22.3 Å². The molecule has 158 valence electrons. The molecule has 0 radical (unpaired) electrons. The number of aromatic nitrogens is 6. The molecule has 3 heterocycles. The summed E-state index contributed by atoms with van der Waals surface area (Å²) in [6.07, 6.45) is 0.364. The highest BCUT2D eigenvalue weighted by Crippen LogP contribution is 2.35. The molecule has 2 aromatic carbocycles. The van der Waals surface area contributed by atoms with Crippen molar-refractivity contribution < 1.29 is 13.2 Å². The Morgan fingerprint density at radius 2 is 1.69 bits per heavy atom. The maximum atomic E-state index is 13.3. The van der Waals surface area contributed by atoms with E-state index in [2.05, 4.69) is 35.5 Å². The number of nitrogens with zero attached hydrogens (tertiary/aromatic N) is 5. The summed E-state index contributed by atoms with van der Waals surface area (Å²) in [5.74, 6) is 0.693. The molecule has 2 N–H and O–H groups in total. The standard InChI is InChI=1S/C22H14F3N7/c23-22(24,25)16-6-2-7-18-19(16)31-20(30-18)13-4-1-5-15(10-13)29-21-26-11-14(12-27-21)17-8-3-9-28-32-17/h1-12H,(H,30,31)(H,26,27,29). The number of anilines is 2. The normalized spacial score (nSPS) is 11.6. The zero-order valence-electron chi connectivity index (χ0n) is 16.3. The molecule has 0 aliphatic rings. The SMILES string of the molecule is FC(F)(F)c1cccc2nc(-c3cccc(Nc4ncc(-c5cccnn5)cn4)c3)[nH]c12. The van der Waals surface area contributed by atoms with E-state index in [1.54, 1.807) is 61.1 Å². The second-order valence-electron chi connectivity index (χ2n) is 6.89. The van der Waals surface area contributed by atoms with Crippen molar-refractivity contribution in [3.8, 4) is 22.6 Å². The number of benzene rings is 2. The van der Waals surface area contributed by atoms with Crippen molar-refractivity contribution in [3.05, 3.63) is 78.8 Å². The van der Waals surface area contributed by atoms with Crippen molar-refractivity contribution in [3.63, 3.8) is 0 Å². The van der Waals surface area contributed by atoms with Crippen molar-refractivity contribution in [1.29, 1.82) is 0 Å². The average molecular weight is 433 g/mol. The topological polar surface area (TPSA) is 92.3 Å². The van der Waals surface area contributed by atoms with Crippen LogP contribution in [0.25, 0.3) is 33.7 Å². The first kappa shape index (κ1) is 19.6. The van der Waals surface area contributed by atoms with Crippen LogP contribution in [0.2, 0.25) is 0 Å².